The van der Waals surface area contributed by atoms with Gasteiger partial charge in [-0.05, 0) is 6.92 Å². The molecule has 0 atom stereocenters. The Bertz CT molecular complexity index is 373. The van der Waals surface area contributed by atoms with Crippen LogP contribution in [0, 0.1) is 6.92 Å². The van der Waals surface area contributed by atoms with Gasteiger partial charge in [-0.25, -0.2) is 4.98 Å². The molecule has 1 heterocycles. The summed E-state index contributed by atoms with van der Waals surface area (Å²) in [6.07, 6.45) is 0. The summed E-state index contributed by atoms with van der Waals surface area (Å²) in [4.78, 5) is 25.9. The van der Waals surface area contributed by atoms with Crippen LogP contribution in [0.2, 0.25) is 0 Å². The summed E-state index contributed by atoms with van der Waals surface area (Å²) in [6.45, 7) is 2.99. The summed E-state index contributed by atoms with van der Waals surface area (Å²) < 4.78 is 0. The molecule has 0 amide bonds. The number of nitrogens with one attached hydrogen (secondary N) is 1. The molecule has 0 bridgehead atoms. The first-order valence-electron chi connectivity index (χ1n) is 3.94. The van der Waals surface area contributed by atoms with Crippen LogP contribution in [0.3, 0.4) is 0 Å². The Labute approximate surface area is 84.8 Å². The smallest absolute Gasteiger partial charge is 0.322 e. The molecule has 0 saturated carbocycles. The fourth-order valence-electron chi connectivity index (χ4n) is 0.950. The second kappa shape index (κ2) is 4.19. The third-order valence-corrected chi connectivity index (χ3v) is 2.72. The van der Waals surface area contributed by atoms with Gasteiger partial charge in [-0.3, -0.25) is 9.59 Å². The number of carbonyl (C=O) groups excluding carboxylic acids is 1. The number of aryl methyl sites for hydroxylation is 1. The minimum atomic E-state index is -0.956. The van der Waals surface area contributed by atoms with Crippen LogP contribution >= 0.6 is 11.3 Å². The maximum atomic E-state index is 11.0. The lowest BCUT2D eigenvalue weighted by molar-refractivity contribution is -0.134. The van der Waals surface area contributed by atoms with Crippen LogP contribution in [0.25, 0.3) is 0 Å². The average Bonchev–Trinajstić information content (AvgIpc) is 2.43. The van der Waals surface area contributed by atoms with Gasteiger partial charge in [0.05, 0.1) is 10.6 Å². The van der Waals surface area contributed by atoms with Gasteiger partial charge in [-0.2, -0.15) is 0 Å². The molecule has 0 aliphatic heterocycles. The first-order valence-corrected chi connectivity index (χ1v) is 4.76. The van der Waals surface area contributed by atoms with Crippen LogP contribution in [0.5, 0.6) is 0 Å². The van der Waals surface area contributed by atoms with E-state index in [9.17, 15) is 9.59 Å². The highest BCUT2D eigenvalue weighted by Gasteiger charge is 2.11. The summed E-state index contributed by atoms with van der Waals surface area (Å²) >= 11 is 1.17. The third kappa shape index (κ3) is 2.53. The molecule has 76 valence electrons. The zero-order valence-corrected chi connectivity index (χ0v) is 8.64. The first-order chi connectivity index (χ1) is 6.50. The number of carboxylic acid groups (broad SMARTS) is 1. The van der Waals surface area contributed by atoms with Crippen molar-refractivity contribution in [3.8, 4) is 0 Å². The molecule has 0 fully saturated rings. The lowest BCUT2D eigenvalue weighted by Gasteiger charge is -1.94. The van der Waals surface area contributed by atoms with Crippen molar-refractivity contribution in [3.05, 3.63) is 10.6 Å². The largest absolute Gasteiger partial charge is 0.480 e. The van der Waals surface area contributed by atoms with Crippen molar-refractivity contribution in [1.82, 2.24) is 4.98 Å². The fourth-order valence-corrected chi connectivity index (χ4v) is 1.81. The number of aromatic nitrogens is 1. The number of Topliss-reactive ketones (excluding diaryl/α,β-unsaturated/α-hetero) is 1. The molecule has 1 rings (SSSR count). The predicted molar refractivity (Wildman–Crippen MR) is 53.0 cm³/mol. The van der Waals surface area contributed by atoms with E-state index in [1.54, 1.807) is 6.92 Å². The van der Waals surface area contributed by atoms with Crippen molar-refractivity contribution in [1.29, 1.82) is 0 Å². The monoisotopic (exact) mass is 214 g/mol. The normalized spacial score (nSPS) is 9.86. The van der Waals surface area contributed by atoms with Gasteiger partial charge in [0.2, 0.25) is 0 Å². The van der Waals surface area contributed by atoms with Crippen molar-refractivity contribution in [3.63, 3.8) is 0 Å². The molecule has 0 unspecified atom stereocenters. The van der Waals surface area contributed by atoms with E-state index in [1.807, 2.05) is 0 Å². The lowest BCUT2D eigenvalue weighted by atomic mass is 10.3. The number of anilines is 1. The summed E-state index contributed by atoms with van der Waals surface area (Å²) in [5.74, 6) is -1.01. The fraction of sp³-hybridized carbons (Fsp3) is 0.375. The number of nitrogens with zero attached hydrogens (tertiary/aromatic N) is 1. The van der Waals surface area contributed by atoms with Crippen molar-refractivity contribution >= 4 is 28.2 Å². The summed E-state index contributed by atoms with van der Waals surface area (Å²) in [6, 6.07) is 0. The zero-order chi connectivity index (χ0) is 10.7. The first kappa shape index (κ1) is 10.6. The van der Waals surface area contributed by atoms with Gasteiger partial charge < -0.3 is 10.4 Å². The molecule has 0 spiro atoms. The van der Waals surface area contributed by atoms with E-state index in [4.69, 9.17) is 5.11 Å². The molecule has 0 saturated heterocycles. The second-order valence-corrected chi connectivity index (χ2v) is 3.74. The number of aliphatic carboxylic acids is 1. The van der Waals surface area contributed by atoms with Crippen molar-refractivity contribution in [2.24, 2.45) is 0 Å². The zero-order valence-electron chi connectivity index (χ0n) is 7.83. The highest BCUT2D eigenvalue weighted by molar-refractivity contribution is 7.17. The van der Waals surface area contributed by atoms with Gasteiger partial charge in [0.25, 0.3) is 0 Å². The van der Waals surface area contributed by atoms with Gasteiger partial charge in [0.15, 0.2) is 10.9 Å². The number of carbonyl (C=O) groups is 2. The molecule has 0 aliphatic carbocycles. The average molecular weight is 214 g/mol. The Morgan fingerprint density at radius 2 is 2.21 bits per heavy atom. The Hall–Kier alpha value is -1.43. The Morgan fingerprint density at radius 1 is 1.57 bits per heavy atom. The van der Waals surface area contributed by atoms with E-state index in [2.05, 4.69) is 10.3 Å². The number of carboxylic acids is 1. The Kier molecular flexibility index (Phi) is 3.19. The summed E-state index contributed by atoms with van der Waals surface area (Å²) in [7, 11) is 0. The number of rotatable bonds is 4. The standard InChI is InChI=1S/C8H10N2O3S/c1-4-7(5(2)11)14-8(10-4)9-3-6(12)13/h3H2,1-2H3,(H,9,10)(H,12,13). The van der Waals surface area contributed by atoms with Crippen LogP contribution in [0.1, 0.15) is 22.3 Å². The van der Waals surface area contributed by atoms with Gasteiger partial charge in [0, 0.05) is 6.92 Å². The maximum Gasteiger partial charge on any atom is 0.322 e. The molecule has 6 heteroatoms. The van der Waals surface area contributed by atoms with Crippen molar-refractivity contribution in [2.45, 2.75) is 13.8 Å². The number of thiazole rings is 1. The molecule has 1 aromatic rings. The molecular weight excluding hydrogens is 204 g/mol. The third-order valence-electron chi connectivity index (χ3n) is 1.51. The predicted octanol–water partition coefficient (Wildman–Crippen LogP) is 1.15. The van der Waals surface area contributed by atoms with Crippen molar-refractivity contribution < 1.29 is 14.7 Å². The SMILES string of the molecule is CC(=O)c1sc(NCC(=O)O)nc1C. The van der Waals surface area contributed by atoms with Crippen LogP contribution in [0.4, 0.5) is 5.13 Å². The number of hydrogen-bond donors (Lipinski definition) is 2. The van der Waals surface area contributed by atoms with E-state index in [1.165, 1.54) is 18.3 Å². The summed E-state index contributed by atoms with van der Waals surface area (Å²) in [5.41, 5.74) is 0.635. The van der Waals surface area contributed by atoms with Crippen LogP contribution in [-0.4, -0.2) is 28.4 Å². The molecule has 0 aliphatic rings. The Balaban J connectivity index is 2.76. The number of ketones is 1. The molecule has 14 heavy (non-hydrogen) atoms. The molecule has 5 nitrogen and oxygen atoms in total. The van der Waals surface area contributed by atoms with E-state index in [0.29, 0.717) is 15.7 Å². The van der Waals surface area contributed by atoms with Crippen LogP contribution in [-0.2, 0) is 4.79 Å². The van der Waals surface area contributed by atoms with E-state index < -0.39 is 5.97 Å². The minimum absolute atomic E-state index is 0.0524. The highest BCUT2D eigenvalue weighted by atomic mass is 32.1. The second-order valence-electron chi connectivity index (χ2n) is 2.74. The van der Waals surface area contributed by atoms with Gasteiger partial charge in [-0.15, -0.1) is 0 Å². The number of hydrogen-bond acceptors (Lipinski definition) is 5. The highest BCUT2D eigenvalue weighted by Crippen LogP contribution is 2.22. The summed E-state index contributed by atoms with van der Waals surface area (Å²) in [5, 5.41) is 11.5. The molecule has 0 aromatic carbocycles. The molecular formula is C8H10N2O3S. The minimum Gasteiger partial charge on any atom is -0.480 e. The Morgan fingerprint density at radius 3 is 2.64 bits per heavy atom. The van der Waals surface area contributed by atoms with Crippen LogP contribution < -0.4 is 5.32 Å². The van der Waals surface area contributed by atoms with E-state index >= 15 is 0 Å². The molecule has 2 N–H and O–H groups in total. The van der Waals surface area contributed by atoms with Gasteiger partial charge in [0.1, 0.15) is 6.54 Å². The van der Waals surface area contributed by atoms with Crippen LogP contribution in [0.15, 0.2) is 0 Å². The van der Waals surface area contributed by atoms with Gasteiger partial charge >= 0.3 is 5.97 Å². The topological polar surface area (TPSA) is 79.3 Å². The quantitative estimate of drug-likeness (QED) is 0.735. The van der Waals surface area contributed by atoms with Gasteiger partial charge in [-0.1, -0.05) is 11.3 Å². The van der Waals surface area contributed by atoms with Crippen molar-refractivity contribution in [2.75, 3.05) is 11.9 Å². The maximum absolute atomic E-state index is 11.0. The lowest BCUT2D eigenvalue weighted by Crippen LogP contribution is -2.11. The molecule has 1 aromatic heterocycles. The molecule has 0 radical (unpaired) electrons. The van der Waals surface area contributed by atoms with E-state index in [-0.39, 0.29) is 12.3 Å². The van der Waals surface area contributed by atoms with E-state index in [0.717, 1.165) is 0 Å².